The van der Waals surface area contributed by atoms with E-state index in [2.05, 4.69) is 10.6 Å². The average molecular weight is 303 g/mol. The summed E-state index contributed by atoms with van der Waals surface area (Å²) in [6.45, 7) is 2.95. The van der Waals surface area contributed by atoms with Crippen molar-refractivity contribution >= 4 is 29.7 Å². The number of amides is 1. The summed E-state index contributed by atoms with van der Waals surface area (Å²) < 4.78 is 0. The fourth-order valence-corrected chi connectivity index (χ4v) is 1.68. The Morgan fingerprint density at radius 2 is 2.05 bits per heavy atom. The van der Waals surface area contributed by atoms with Gasteiger partial charge in [0, 0.05) is 12.6 Å². The molecule has 0 atom stereocenters. The molecule has 1 aromatic rings. The van der Waals surface area contributed by atoms with E-state index in [1.165, 1.54) is 6.07 Å². The Morgan fingerprint density at radius 1 is 1.40 bits per heavy atom. The van der Waals surface area contributed by atoms with E-state index in [9.17, 15) is 14.9 Å². The Labute approximate surface area is 123 Å². The molecule has 0 fully saturated rings. The molecule has 1 rings (SSSR count). The van der Waals surface area contributed by atoms with Crippen LogP contribution in [0.4, 0.5) is 11.4 Å². The largest absolute Gasteiger partial charge is 0.393 e. The lowest BCUT2D eigenvalue weighted by molar-refractivity contribution is -0.384. The summed E-state index contributed by atoms with van der Waals surface area (Å²) >= 11 is 0. The van der Waals surface area contributed by atoms with E-state index in [0.29, 0.717) is 12.1 Å². The van der Waals surface area contributed by atoms with Gasteiger partial charge >= 0.3 is 0 Å². The molecule has 0 unspecified atom stereocenters. The van der Waals surface area contributed by atoms with Crippen molar-refractivity contribution in [2.45, 2.75) is 13.3 Å². The van der Waals surface area contributed by atoms with E-state index >= 15 is 0 Å². The molecule has 0 spiro atoms. The number of nitro groups is 1. The number of aryl methyl sites for hydroxylation is 1. The molecule has 0 aliphatic rings. The highest BCUT2D eigenvalue weighted by Gasteiger charge is 2.20. The second-order valence-electron chi connectivity index (χ2n) is 4.22. The standard InChI is InChI=1S/C12H18N4O3.ClH/c1-8-6-9(11(13)10(7-8)16(18)19)12(17)15-5-3-4-14-2;/h6-7,14H,3-5,13H2,1-2H3,(H,15,17);1H. The SMILES string of the molecule is CNCCCNC(=O)c1cc(C)cc([N+](=O)[O-])c1N.Cl. The first-order valence-corrected chi connectivity index (χ1v) is 5.94. The molecule has 0 radical (unpaired) electrons. The number of nitro benzene ring substituents is 1. The van der Waals surface area contributed by atoms with Gasteiger partial charge in [-0.15, -0.1) is 12.4 Å². The molecule has 8 heteroatoms. The molecule has 7 nitrogen and oxygen atoms in total. The number of anilines is 1. The number of halogens is 1. The lowest BCUT2D eigenvalue weighted by atomic mass is 10.1. The predicted octanol–water partition coefficient (Wildman–Crippen LogP) is 1.25. The van der Waals surface area contributed by atoms with Crippen LogP contribution in [0.15, 0.2) is 12.1 Å². The summed E-state index contributed by atoms with van der Waals surface area (Å²) in [5.74, 6) is -0.389. The Balaban J connectivity index is 0.00000361. The molecular formula is C12H19ClN4O3. The zero-order chi connectivity index (χ0) is 14.4. The quantitative estimate of drug-likeness (QED) is 0.317. The molecule has 0 heterocycles. The number of hydrogen-bond acceptors (Lipinski definition) is 5. The third-order valence-corrected chi connectivity index (χ3v) is 2.63. The highest BCUT2D eigenvalue weighted by atomic mass is 35.5. The van der Waals surface area contributed by atoms with Gasteiger partial charge in [-0.05, 0) is 38.6 Å². The first-order valence-electron chi connectivity index (χ1n) is 5.94. The monoisotopic (exact) mass is 302 g/mol. The van der Waals surface area contributed by atoms with Crippen molar-refractivity contribution in [1.82, 2.24) is 10.6 Å². The van der Waals surface area contributed by atoms with Crippen molar-refractivity contribution < 1.29 is 9.72 Å². The lowest BCUT2D eigenvalue weighted by Gasteiger charge is -2.09. The van der Waals surface area contributed by atoms with Crippen molar-refractivity contribution in [3.8, 4) is 0 Å². The Kier molecular flexibility index (Phi) is 7.56. The van der Waals surface area contributed by atoms with Gasteiger partial charge in [0.15, 0.2) is 0 Å². The van der Waals surface area contributed by atoms with Gasteiger partial charge in [-0.2, -0.15) is 0 Å². The summed E-state index contributed by atoms with van der Waals surface area (Å²) in [5, 5.41) is 16.5. The number of nitrogen functional groups attached to an aromatic ring is 1. The topological polar surface area (TPSA) is 110 Å². The van der Waals surface area contributed by atoms with Gasteiger partial charge in [0.1, 0.15) is 5.69 Å². The maximum absolute atomic E-state index is 11.9. The van der Waals surface area contributed by atoms with Crippen LogP contribution in [0.1, 0.15) is 22.3 Å². The van der Waals surface area contributed by atoms with Gasteiger partial charge in [-0.25, -0.2) is 0 Å². The Hall–Kier alpha value is -1.86. The molecule has 1 amide bonds. The lowest BCUT2D eigenvalue weighted by Crippen LogP contribution is -2.27. The van der Waals surface area contributed by atoms with Crippen LogP contribution in [0, 0.1) is 17.0 Å². The van der Waals surface area contributed by atoms with Crippen LogP contribution < -0.4 is 16.4 Å². The molecule has 20 heavy (non-hydrogen) atoms. The van der Waals surface area contributed by atoms with E-state index in [1.54, 1.807) is 13.0 Å². The van der Waals surface area contributed by atoms with Crippen LogP contribution in [-0.4, -0.2) is 31.0 Å². The fourth-order valence-electron chi connectivity index (χ4n) is 1.68. The normalized spacial score (nSPS) is 9.70. The van der Waals surface area contributed by atoms with Crippen LogP contribution in [0.25, 0.3) is 0 Å². The molecular weight excluding hydrogens is 284 g/mol. The predicted molar refractivity (Wildman–Crippen MR) is 80.4 cm³/mol. The van der Waals surface area contributed by atoms with Crippen molar-refractivity contribution in [2.75, 3.05) is 25.9 Å². The average Bonchev–Trinajstić information content (AvgIpc) is 2.36. The summed E-state index contributed by atoms with van der Waals surface area (Å²) in [5.41, 5.74) is 6.11. The summed E-state index contributed by atoms with van der Waals surface area (Å²) in [6, 6.07) is 2.91. The number of rotatable bonds is 6. The third-order valence-electron chi connectivity index (χ3n) is 2.63. The van der Waals surface area contributed by atoms with E-state index in [0.717, 1.165) is 13.0 Å². The Morgan fingerprint density at radius 3 is 2.60 bits per heavy atom. The zero-order valence-electron chi connectivity index (χ0n) is 11.4. The van der Waals surface area contributed by atoms with E-state index in [1.807, 2.05) is 7.05 Å². The highest BCUT2D eigenvalue weighted by Crippen LogP contribution is 2.26. The minimum Gasteiger partial charge on any atom is -0.393 e. The van der Waals surface area contributed by atoms with Gasteiger partial charge in [0.2, 0.25) is 0 Å². The number of nitrogens with one attached hydrogen (secondary N) is 2. The van der Waals surface area contributed by atoms with Crippen molar-refractivity contribution in [2.24, 2.45) is 0 Å². The molecule has 0 saturated heterocycles. The maximum atomic E-state index is 11.9. The highest BCUT2D eigenvalue weighted by molar-refractivity contribution is 6.01. The summed E-state index contributed by atoms with van der Waals surface area (Å²) in [7, 11) is 1.82. The van der Waals surface area contributed by atoms with Gasteiger partial charge in [-0.3, -0.25) is 14.9 Å². The zero-order valence-corrected chi connectivity index (χ0v) is 12.3. The summed E-state index contributed by atoms with van der Waals surface area (Å²) in [4.78, 5) is 22.2. The molecule has 0 saturated carbocycles. The number of carbonyl (C=O) groups is 1. The molecule has 0 aromatic heterocycles. The van der Waals surface area contributed by atoms with Gasteiger partial charge in [0.05, 0.1) is 10.5 Å². The second-order valence-corrected chi connectivity index (χ2v) is 4.22. The number of hydrogen-bond donors (Lipinski definition) is 3. The third kappa shape index (κ3) is 4.67. The summed E-state index contributed by atoms with van der Waals surface area (Å²) in [6.07, 6.45) is 0.774. The van der Waals surface area contributed by atoms with Gasteiger partial charge in [-0.1, -0.05) is 0 Å². The van der Waals surface area contributed by atoms with Crippen LogP contribution in [0.5, 0.6) is 0 Å². The first-order chi connectivity index (χ1) is 8.97. The first kappa shape index (κ1) is 18.1. The molecule has 0 aliphatic heterocycles. The maximum Gasteiger partial charge on any atom is 0.293 e. The number of benzene rings is 1. The molecule has 0 bridgehead atoms. The molecule has 4 N–H and O–H groups in total. The molecule has 112 valence electrons. The van der Waals surface area contributed by atoms with Gasteiger partial charge < -0.3 is 16.4 Å². The minimum absolute atomic E-state index is 0. The number of nitrogens with two attached hydrogens (primary N) is 1. The van der Waals surface area contributed by atoms with Crippen LogP contribution in [-0.2, 0) is 0 Å². The number of carbonyl (C=O) groups excluding carboxylic acids is 1. The molecule has 1 aromatic carbocycles. The van der Waals surface area contributed by atoms with E-state index < -0.39 is 4.92 Å². The van der Waals surface area contributed by atoms with Crippen LogP contribution in [0.2, 0.25) is 0 Å². The van der Waals surface area contributed by atoms with Crippen LogP contribution in [0.3, 0.4) is 0 Å². The van der Waals surface area contributed by atoms with Crippen molar-refractivity contribution in [1.29, 1.82) is 0 Å². The fraction of sp³-hybridized carbons (Fsp3) is 0.417. The molecule has 0 aliphatic carbocycles. The van der Waals surface area contributed by atoms with Crippen molar-refractivity contribution in [3.05, 3.63) is 33.4 Å². The van der Waals surface area contributed by atoms with E-state index in [4.69, 9.17) is 5.73 Å². The smallest absolute Gasteiger partial charge is 0.293 e. The van der Waals surface area contributed by atoms with Crippen molar-refractivity contribution in [3.63, 3.8) is 0 Å². The van der Waals surface area contributed by atoms with Crippen LogP contribution >= 0.6 is 12.4 Å². The number of nitrogens with zero attached hydrogens (tertiary/aromatic N) is 1. The minimum atomic E-state index is -0.583. The van der Waals surface area contributed by atoms with E-state index in [-0.39, 0.29) is 35.3 Å². The van der Waals surface area contributed by atoms with Gasteiger partial charge in [0.25, 0.3) is 11.6 Å². The second kappa shape index (κ2) is 8.34. The Bertz CT molecular complexity index is 494.